The molecule has 1 amide bonds. The highest BCUT2D eigenvalue weighted by atomic mass is 16.6. The van der Waals surface area contributed by atoms with Crippen LogP contribution in [0.4, 0.5) is 5.82 Å². The van der Waals surface area contributed by atoms with Crippen LogP contribution in [0.25, 0.3) is 6.08 Å². The molecule has 0 aliphatic heterocycles. The van der Waals surface area contributed by atoms with E-state index in [0.717, 1.165) is 0 Å². The smallest absolute Gasteiger partial charge is 0.249 e. The van der Waals surface area contributed by atoms with Gasteiger partial charge in [-0.25, -0.2) is 4.63 Å². The molecule has 0 saturated carbocycles. The first-order chi connectivity index (χ1) is 7.75. The molecule has 0 aromatic carbocycles. The summed E-state index contributed by atoms with van der Waals surface area (Å²) in [6.45, 7) is 1.68. The number of carbonyl (C=O) groups excluding carboxylic acids is 1. The van der Waals surface area contributed by atoms with Crippen LogP contribution < -0.4 is 5.32 Å². The minimum absolute atomic E-state index is 0.314. The minimum atomic E-state index is -0.324. The van der Waals surface area contributed by atoms with E-state index >= 15 is 0 Å². The molecular formula is C10H9N3O3. The third-order valence-electron chi connectivity index (χ3n) is 1.84. The summed E-state index contributed by atoms with van der Waals surface area (Å²) >= 11 is 0. The van der Waals surface area contributed by atoms with Gasteiger partial charge in [0, 0.05) is 6.08 Å². The molecule has 0 aliphatic rings. The lowest BCUT2D eigenvalue weighted by Gasteiger charge is -1.94. The van der Waals surface area contributed by atoms with E-state index in [-0.39, 0.29) is 5.91 Å². The van der Waals surface area contributed by atoms with Crippen LogP contribution in [0.3, 0.4) is 0 Å². The topological polar surface area (TPSA) is 81.2 Å². The Labute approximate surface area is 90.9 Å². The molecule has 0 spiro atoms. The molecule has 82 valence electrons. The Bertz CT molecular complexity index is 499. The van der Waals surface area contributed by atoms with Gasteiger partial charge in [-0.05, 0) is 30.3 Å². The van der Waals surface area contributed by atoms with Crippen molar-refractivity contribution in [1.29, 1.82) is 0 Å². The van der Waals surface area contributed by atoms with Crippen LogP contribution >= 0.6 is 0 Å². The van der Waals surface area contributed by atoms with Crippen molar-refractivity contribution in [3.63, 3.8) is 0 Å². The normalized spacial score (nSPS) is 10.8. The second kappa shape index (κ2) is 4.43. The lowest BCUT2D eigenvalue weighted by Crippen LogP contribution is -2.08. The number of rotatable bonds is 3. The number of anilines is 1. The predicted molar refractivity (Wildman–Crippen MR) is 55.4 cm³/mol. The van der Waals surface area contributed by atoms with Gasteiger partial charge < -0.3 is 9.73 Å². The van der Waals surface area contributed by atoms with Crippen LogP contribution in [0.5, 0.6) is 0 Å². The number of furan rings is 1. The largest absolute Gasteiger partial charge is 0.465 e. The molecule has 0 unspecified atom stereocenters. The lowest BCUT2D eigenvalue weighted by atomic mass is 10.4. The number of nitrogens with zero attached hydrogens (tertiary/aromatic N) is 2. The average Bonchev–Trinajstić information content (AvgIpc) is 2.88. The third kappa shape index (κ3) is 2.35. The Morgan fingerprint density at radius 2 is 2.38 bits per heavy atom. The Morgan fingerprint density at radius 1 is 1.50 bits per heavy atom. The van der Waals surface area contributed by atoms with Gasteiger partial charge in [0.15, 0.2) is 0 Å². The van der Waals surface area contributed by atoms with E-state index < -0.39 is 0 Å². The van der Waals surface area contributed by atoms with E-state index in [1.165, 1.54) is 12.3 Å². The van der Waals surface area contributed by atoms with Gasteiger partial charge in [-0.3, -0.25) is 4.79 Å². The maximum atomic E-state index is 11.4. The third-order valence-corrected chi connectivity index (χ3v) is 1.84. The van der Waals surface area contributed by atoms with Gasteiger partial charge in [-0.1, -0.05) is 5.16 Å². The van der Waals surface area contributed by atoms with Gasteiger partial charge >= 0.3 is 0 Å². The summed E-state index contributed by atoms with van der Waals surface area (Å²) in [6, 6.07) is 3.48. The molecule has 1 N–H and O–H groups in total. The fourth-order valence-electron chi connectivity index (χ4n) is 1.05. The Morgan fingerprint density at radius 3 is 3.00 bits per heavy atom. The number of amides is 1. The predicted octanol–water partition coefficient (Wildman–Crippen LogP) is 1.62. The molecule has 0 bridgehead atoms. The van der Waals surface area contributed by atoms with E-state index in [2.05, 4.69) is 20.3 Å². The molecule has 0 saturated heterocycles. The molecule has 0 aliphatic carbocycles. The van der Waals surface area contributed by atoms with Crippen LogP contribution in [0.1, 0.15) is 11.5 Å². The zero-order valence-corrected chi connectivity index (χ0v) is 8.51. The van der Waals surface area contributed by atoms with Gasteiger partial charge in [0.2, 0.25) is 11.7 Å². The second-order valence-corrected chi connectivity index (χ2v) is 3.04. The lowest BCUT2D eigenvalue weighted by molar-refractivity contribution is -0.111. The molecule has 2 rings (SSSR count). The second-order valence-electron chi connectivity index (χ2n) is 3.04. The zero-order chi connectivity index (χ0) is 11.4. The first-order valence-corrected chi connectivity index (χ1v) is 4.57. The van der Waals surface area contributed by atoms with Crippen LogP contribution in [-0.4, -0.2) is 16.2 Å². The van der Waals surface area contributed by atoms with Crippen molar-refractivity contribution in [2.24, 2.45) is 0 Å². The average molecular weight is 219 g/mol. The summed E-state index contributed by atoms with van der Waals surface area (Å²) in [6.07, 6.45) is 4.43. The fraction of sp³-hybridized carbons (Fsp3) is 0.100. The van der Waals surface area contributed by atoms with E-state index in [1.807, 2.05) is 0 Å². The Hall–Kier alpha value is -2.37. The molecule has 0 radical (unpaired) electrons. The summed E-state index contributed by atoms with van der Waals surface area (Å²) in [5.41, 5.74) is 0.528. The van der Waals surface area contributed by atoms with E-state index in [1.54, 1.807) is 25.1 Å². The maximum Gasteiger partial charge on any atom is 0.249 e. The van der Waals surface area contributed by atoms with Gasteiger partial charge in [0.05, 0.1) is 6.26 Å². The van der Waals surface area contributed by atoms with Crippen molar-refractivity contribution in [3.8, 4) is 0 Å². The van der Waals surface area contributed by atoms with Crippen molar-refractivity contribution < 1.29 is 13.8 Å². The van der Waals surface area contributed by atoms with E-state index in [4.69, 9.17) is 4.42 Å². The number of aryl methyl sites for hydroxylation is 1. The van der Waals surface area contributed by atoms with Gasteiger partial charge in [0.1, 0.15) is 11.5 Å². The molecule has 2 aromatic rings. The minimum Gasteiger partial charge on any atom is -0.465 e. The molecule has 2 heterocycles. The molecule has 0 fully saturated rings. The molecule has 2 aromatic heterocycles. The van der Waals surface area contributed by atoms with Crippen LogP contribution in [0.15, 0.2) is 33.5 Å². The van der Waals surface area contributed by atoms with Crippen LogP contribution in [0.2, 0.25) is 0 Å². The van der Waals surface area contributed by atoms with Crippen LogP contribution in [-0.2, 0) is 4.79 Å². The van der Waals surface area contributed by atoms with Crippen molar-refractivity contribution in [1.82, 2.24) is 10.3 Å². The first kappa shape index (κ1) is 10.2. The highest BCUT2D eigenvalue weighted by Crippen LogP contribution is 2.07. The highest BCUT2D eigenvalue weighted by Gasteiger charge is 2.06. The fourth-order valence-corrected chi connectivity index (χ4v) is 1.05. The summed E-state index contributed by atoms with van der Waals surface area (Å²) in [4.78, 5) is 11.4. The SMILES string of the molecule is Cc1nonc1NC(=O)C=Cc1ccco1. The monoisotopic (exact) mass is 219 g/mol. The summed E-state index contributed by atoms with van der Waals surface area (Å²) in [5.74, 6) is 0.592. The number of nitrogens with one attached hydrogen (secondary N) is 1. The zero-order valence-electron chi connectivity index (χ0n) is 8.51. The summed E-state index contributed by atoms with van der Waals surface area (Å²) < 4.78 is 9.47. The number of hydrogen-bond acceptors (Lipinski definition) is 5. The van der Waals surface area contributed by atoms with Crippen molar-refractivity contribution >= 4 is 17.8 Å². The van der Waals surface area contributed by atoms with Crippen molar-refractivity contribution in [2.75, 3.05) is 5.32 Å². The summed E-state index contributed by atoms with van der Waals surface area (Å²) in [5, 5.41) is 9.58. The molecule has 0 atom stereocenters. The van der Waals surface area contributed by atoms with Gasteiger partial charge in [-0.15, -0.1) is 0 Å². The highest BCUT2D eigenvalue weighted by molar-refractivity contribution is 6.01. The standard InChI is InChI=1S/C10H9N3O3/c1-7-10(13-16-12-7)11-9(14)5-4-8-3-2-6-15-8/h2-6H,1H3,(H,11,13,14). The van der Waals surface area contributed by atoms with Gasteiger partial charge in [0.25, 0.3) is 0 Å². The van der Waals surface area contributed by atoms with Gasteiger partial charge in [-0.2, -0.15) is 0 Å². The van der Waals surface area contributed by atoms with Crippen molar-refractivity contribution in [2.45, 2.75) is 6.92 Å². The van der Waals surface area contributed by atoms with E-state index in [0.29, 0.717) is 17.3 Å². The quantitative estimate of drug-likeness (QED) is 0.793. The molecule has 6 nitrogen and oxygen atoms in total. The molecular weight excluding hydrogens is 210 g/mol. The number of carbonyl (C=O) groups is 1. The molecule has 16 heavy (non-hydrogen) atoms. The summed E-state index contributed by atoms with van der Waals surface area (Å²) in [7, 11) is 0. The van der Waals surface area contributed by atoms with Crippen molar-refractivity contribution in [3.05, 3.63) is 35.9 Å². The van der Waals surface area contributed by atoms with Crippen LogP contribution in [0, 0.1) is 6.92 Å². The number of hydrogen-bond donors (Lipinski definition) is 1. The molecule has 6 heteroatoms. The number of aromatic nitrogens is 2. The Balaban J connectivity index is 1.97. The Kier molecular flexibility index (Phi) is 2.81. The van der Waals surface area contributed by atoms with E-state index in [9.17, 15) is 4.79 Å². The maximum absolute atomic E-state index is 11.4. The first-order valence-electron chi connectivity index (χ1n) is 4.57.